The lowest BCUT2D eigenvalue weighted by Crippen LogP contribution is -2.42. The van der Waals surface area contributed by atoms with E-state index in [4.69, 9.17) is 4.99 Å². The van der Waals surface area contributed by atoms with E-state index >= 15 is 0 Å². The van der Waals surface area contributed by atoms with Crippen LogP contribution in [0.5, 0.6) is 0 Å². The zero-order chi connectivity index (χ0) is 20.8. The molecule has 0 spiro atoms. The average molecular weight is 412 g/mol. The smallest absolute Gasteiger partial charge is 0.222 e. The van der Waals surface area contributed by atoms with Crippen LogP contribution in [0, 0.1) is 0 Å². The Kier molecular flexibility index (Phi) is 7.26. The molecule has 0 radical (unpaired) electrons. The van der Waals surface area contributed by atoms with E-state index in [0.717, 1.165) is 51.5 Å². The van der Waals surface area contributed by atoms with Gasteiger partial charge in [0.15, 0.2) is 5.96 Å². The van der Waals surface area contributed by atoms with Gasteiger partial charge in [-0.25, -0.2) is 0 Å². The second kappa shape index (κ2) is 10.3. The highest BCUT2D eigenvalue weighted by Crippen LogP contribution is 2.21. The predicted molar refractivity (Wildman–Crippen MR) is 122 cm³/mol. The van der Waals surface area contributed by atoms with Gasteiger partial charge < -0.3 is 15.1 Å². The lowest BCUT2D eigenvalue weighted by Gasteiger charge is -2.29. The van der Waals surface area contributed by atoms with E-state index in [0.29, 0.717) is 19.0 Å². The minimum absolute atomic E-state index is 0.264. The minimum atomic E-state index is 0.264. The van der Waals surface area contributed by atoms with Crippen LogP contribution in [-0.4, -0.2) is 78.4 Å². The molecule has 3 aliphatic rings. The average Bonchev–Trinajstić information content (AvgIpc) is 3.47. The molecular formula is C24H37N5O. The number of amides is 1. The first-order chi connectivity index (χ1) is 14.7. The number of nitrogens with zero attached hydrogens (tertiary/aromatic N) is 4. The molecule has 1 aromatic carbocycles. The van der Waals surface area contributed by atoms with Crippen LogP contribution in [-0.2, 0) is 17.8 Å². The van der Waals surface area contributed by atoms with Crippen molar-refractivity contribution in [3.05, 3.63) is 35.4 Å². The number of guanidine groups is 1. The maximum atomic E-state index is 12.7. The molecule has 1 aromatic rings. The van der Waals surface area contributed by atoms with Gasteiger partial charge in [0, 0.05) is 51.7 Å². The summed E-state index contributed by atoms with van der Waals surface area (Å²) in [6.45, 7) is 10.0. The van der Waals surface area contributed by atoms with Crippen molar-refractivity contribution in [1.29, 1.82) is 0 Å². The largest absolute Gasteiger partial charge is 0.357 e. The van der Waals surface area contributed by atoms with E-state index in [1.807, 2.05) is 4.90 Å². The first-order valence-corrected chi connectivity index (χ1v) is 11.9. The third-order valence-electron chi connectivity index (χ3n) is 6.75. The van der Waals surface area contributed by atoms with Crippen molar-refractivity contribution >= 4 is 11.9 Å². The molecule has 30 heavy (non-hydrogen) atoms. The molecule has 164 valence electrons. The molecule has 3 aliphatic heterocycles. The second-order valence-corrected chi connectivity index (χ2v) is 8.80. The zero-order valence-electron chi connectivity index (χ0n) is 18.5. The van der Waals surface area contributed by atoms with Crippen LogP contribution >= 0.6 is 0 Å². The first-order valence-electron chi connectivity index (χ1n) is 11.9. The van der Waals surface area contributed by atoms with Crippen molar-refractivity contribution in [1.82, 2.24) is 20.0 Å². The maximum Gasteiger partial charge on any atom is 0.222 e. The van der Waals surface area contributed by atoms with Crippen molar-refractivity contribution in [2.45, 2.75) is 58.0 Å². The van der Waals surface area contributed by atoms with Gasteiger partial charge in [-0.3, -0.25) is 14.7 Å². The normalized spacial score (nSPS) is 22.4. The summed E-state index contributed by atoms with van der Waals surface area (Å²) >= 11 is 0. The second-order valence-electron chi connectivity index (χ2n) is 8.80. The third kappa shape index (κ3) is 5.15. The van der Waals surface area contributed by atoms with Crippen molar-refractivity contribution in [2.75, 3.05) is 45.8 Å². The van der Waals surface area contributed by atoms with Crippen molar-refractivity contribution in [3.8, 4) is 0 Å². The van der Waals surface area contributed by atoms with Crippen LogP contribution in [0.25, 0.3) is 0 Å². The number of hydrogen-bond acceptors (Lipinski definition) is 3. The van der Waals surface area contributed by atoms with E-state index in [-0.39, 0.29) is 5.91 Å². The molecule has 4 rings (SSSR count). The number of likely N-dealkylation sites (tertiary alicyclic amines) is 2. The highest BCUT2D eigenvalue weighted by Gasteiger charge is 2.30. The molecule has 6 nitrogen and oxygen atoms in total. The zero-order valence-corrected chi connectivity index (χ0v) is 18.5. The molecule has 1 N–H and O–H groups in total. The number of fused-ring (bicyclic) bond motifs is 1. The van der Waals surface area contributed by atoms with Crippen LogP contribution in [0.2, 0.25) is 0 Å². The van der Waals surface area contributed by atoms with Gasteiger partial charge in [0.25, 0.3) is 0 Å². The molecule has 3 heterocycles. The Balaban J connectivity index is 1.23. The minimum Gasteiger partial charge on any atom is -0.357 e. The topological polar surface area (TPSA) is 51.2 Å². The summed E-state index contributed by atoms with van der Waals surface area (Å²) in [5, 5.41) is 3.46. The van der Waals surface area contributed by atoms with Crippen molar-refractivity contribution in [3.63, 3.8) is 0 Å². The molecule has 1 amide bonds. The summed E-state index contributed by atoms with van der Waals surface area (Å²) in [5.41, 5.74) is 2.69. The van der Waals surface area contributed by atoms with Crippen LogP contribution < -0.4 is 5.32 Å². The third-order valence-corrected chi connectivity index (χ3v) is 6.75. The number of benzene rings is 1. The van der Waals surface area contributed by atoms with Crippen molar-refractivity contribution < 1.29 is 4.79 Å². The van der Waals surface area contributed by atoms with Gasteiger partial charge >= 0.3 is 0 Å². The number of carbonyl (C=O) groups is 1. The molecule has 2 saturated heterocycles. The fraction of sp³-hybridized carbons (Fsp3) is 0.667. The summed E-state index contributed by atoms with van der Waals surface area (Å²) in [6, 6.07) is 9.16. The van der Waals surface area contributed by atoms with Gasteiger partial charge in [0.1, 0.15) is 0 Å². The molecule has 0 saturated carbocycles. The summed E-state index contributed by atoms with van der Waals surface area (Å²) in [4.78, 5) is 24.6. The van der Waals surface area contributed by atoms with E-state index in [1.165, 1.54) is 43.5 Å². The number of nitrogens with one attached hydrogen (secondary N) is 1. The molecule has 1 unspecified atom stereocenters. The fourth-order valence-electron chi connectivity index (χ4n) is 5.05. The molecular weight excluding hydrogens is 374 g/mol. The maximum absolute atomic E-state index is 12.7. The lowest BCUT2D eigenvalue weighted by molar-refractivity contribution is -0.132. The highest BCUT2D eigenvalue weighted by molar-refractivity contribution is 5.80. The summed E-state index contributed by atoms with van der Waals surface area (Å²) < 4.78 is 0. The Morgan fingerprint density at radius 1 is 1.10 bits per heavy atom. The lowest BCUT2D eigenvalue weighted by atomic mass is 9.99. The van der Waals surface area contributed by atoms with E-state index in [1.54, 1.807) is 0 Å². The van der Waals surface area contributed by atoms with Gasteiger partial charge in [-0.05, 0) is 63.2 Å². The quantitative estimate of drug-likeness (QED) is 0.444. The molecule has 2 fully saturated rings. The van der Waals surface area contributed by atoms with Crippen LogP contribution in [0.3, 0.4) is 0 Å². The van der Waals surface area contributed by atoms with E-state index in [2.05, 4.69) is 46.3 Å². The van der Waals surface area contributed by atoms with Gasteiger partial charge in [0.2, 0.25) is 5.91 Å². The Morgan fingerprint density at radius 3 is 2.70 bits per heavy atom. The number of rotatable bonds is 6. The molecule has 0 bridgehead atoms. The predicted octanol–water partition coefficient (Wildman–Crippen LogP) is 2.49. The molecule has 0 aliphatic carbocycles. The number of aliphatic imine (C=N–C) groups is 1. The van der Waals surface area contributed by atoms with Crippen LogP contribution in [0.4, 0.5) is 0 Å². The molecule has 0 aromatic heterocycles. The first kappa shape index (κ1) is 21.2. The Hall–Kier alpha value is -2.08. The monoisotopic (exact) mass is 411 g/mol. The Morgan fingerprint density at radius 2 is 1.90 bits per heavy atom. The van der Waals surface area contributed by atoms with Gasteiger partial charge in [0.05, 0.1) is 0 Å². The van der Waals surface area contributed by atoms with Crippen LogP contribution in [0.15, 0.2) is 29.3 Å². The summed E-state index contributed by atoms with van der Waals surface area (Å²) in [6.07, 6.45) is 6.30. The Bertz CT molecular complexity index is 743. The SMILES string of the molecule is CCNC(=NCCCC(=O)N1CCc2ccccc2C1)N1CCC(N2CCCC2)C1. The number of carbonyl (C=O) groups excluding carboxylic acids is 1. The summed E-state index contributed by atoms with van der Waals surface area (Å²) in [7, 11) is 0. The molecule has 6 heteroatoms. The molecule has 1 atom stereocenters. The summed E-state index contributed by atoms with van der Waals surface area (Å²) in [5.74, 6) is 1.29. The van der Waals surface area contributed by atoms with Crippen molar-refractivity contribution in [2.24, 2.45) is 4.99 Å². The highest BCUT2D eigenvalue weighted by atomic mass is 16.2. The van der Waals surface area contributed by atoms with Gasteiger partial charge in [-0.15, -0.1) is 0 Å². The standard InChI is InChI=1S/C24H37N5O/c1-2-25-24(29-17-12-22(19-29)27-14-5-6-15-27)26-13-7-10-23(30)28-16-11-20-8-3-4-9-21(20)18-28/h3-4,8-9,22H,2,5-7,10-19H2,1H3,(H,25,26). The van der Waals surface area contributed by atoms with E-state index in [9.17, 15) is 4.79 Å². The van der Waals surface area contributed by atoms with Crippen LogP contribution in [0.1, 0.15) is 50.2 Å². The van der Waals surface area contributed by atoms with E-state index < -0.39 is 0 Å². The van der Waals surface area contributed by atoms with Gasteiger partial charge in [-0.2, -0.15) is 0 Å². The Labute approximate surface area is 181 Å². The van der Waals surface area contributed by atoms with Gasteiger partial charge in [-0.1, -0.05) is 24.3 Å². The number of hydrogen-bond donors (Lipinski definition) is 1. The fourth-order valence-corrected chi connectivity index (χ4v) is 5.05.